The van der Waals surface area contributed by atoms with Crippen LogP contribution < -0.4 is 16.6 Å². The number of amides is 1. The fourth-order valence-electron chi connectivity index (χ4n) is 3.44. The third kappa shape index (κ3) is 4.22. The molecule has 158 valence electrons. The van der Waals surface area contributed by atoms with Gasteiger partial charge in [-0.15, -0.1) is 0 Å². The van der Waals surface area contributed by atoms with Gasteiger partial charge >= 0.3 is 5.69 Å². The molecule has 1 aromatic heterocycles. The lowest BCUT2D eigenvalue weighted by atomic mass is 10.0. The number of nitrogens with one attached hydrogen (secondary N) is 1. The van der Waals surface area contributed by atoms with E-state index in [-0.39, 0.29) is 24.1 Å². The predicted molar refractivity (Wildman–Crippen MR) is 121 cm³/mol. The van der Waals surface area contributed by atoms with Gasteiger partial charge in [0.1, 0.15) is 6.54 Å². The Balaban J connectivity index is 2.21. The SMILES string of the molecule is CC[C@@H](C)NC(=O)Cn1c(=O)n(-c2ccc(C(C)C)cc2)c(=O)c2cc(C)ccc21. The van der Waals surface area contributed by atoms with Gasteiger partial charge in [0, 0.05) is 6.04 Å². The highest BCUT2D eigenvalue weighted by molar-refractivity contribution is 5.82. The predicted octanol–water partition coefficient (Wildman–Crippen LogP) is 3.50. The van der Waals surface area contributed by atoms with Gasteiger partial charge in [0.05, 0.1) is 16.6 Å². The zero-order chi connectivity index (χ0) is 22.0. The summed E-state index contributed by atoms with van der Waals surface area (Å²) in [6.45, 7) is 9.82. The standard InChI is InChI=1S/C24H29N3O3/c1-6-17(5)25-22(28)14-26-21-12-7-16(4)13-20(21)23(29)27(24(26)30)19-10-8-18(9-11-19)15(2)3/h7-13,15,17H,6,14H2,1-5H3,(H,25,28)/t17-/m1/s1. The average Bonchev–Trinajstić information content (AvgIpc) is 2.71. The van der Waals surface area contributed by atoms with E-state index in [1.165, 1.54) is 4.57 Å². The normalized spacial score (nSPS) is 12.3. The molecule has 0 saturated carbocycles. The summed E-state index contributed by atoms with van der Waals surface area (Å²) in [7, 11) is 0. The zero-order valence-corrected chi connectivity index (χ0v) is 18.2. The molecule has 3 aromatic rings. The second-order valence-corrected chi connectivity index (χ2v) is 8.15. The molecule has 0 aliphatic rings. The van der Waals surface area contributed by atoms with Crippen LogP contribution in [-0.4, -0.2) is 21.1 Å². The highest BCUT2D eigenvalue weighted by Gasteiger charge is 2.17. The Bertz CT molecular complexity index is 1190. The van der Waals surface area contributed by atoms with Gasteiger partial charge in [0.25, 0.3) is 5.56 Å². The molecule has 0 bridgehead atoms. The summed E-state index contributed by atoms with van der Waals surface area (Å²) in [5.41, 5.74) is 2.09. The molecule has 0 aliphatic heterocycles. The van der Waals surface area contributed by atoms with E-state index in [1.54, 1.807) is 24.3 Å². The fourth-order valence-corrected chi connectivity index (χ4v) is 3.44. The van der Waals surface area contributed by atoms with Gasteiger partial charge in [-0.1, -0.05) is 44.5 Å². The van der Waals surface area contributed by atoms with Crippen molar-refractivity contribution in [1.29, 1.82) is 0 Å². The highest BCUT2D eigenvalue weighted by Crippen LogP contribution is 2.17. The summed E-state index contributed by atoms with van der Waals surface area (Å²) in [4.78, 5) is 39.1. The van der Waals surface area contributed by atoms with Gasteiger partial charge in [0.2, 0.25) is 5.91 Å². The summed E-state index contributed by atoms with van der Waals surface area (Å²) in [6, 6.07) is 12.8. The molecular weight excluding hydrogens is 378 g/mol. The maximum absolute atomic E-state index is 13.3. The molecule has 0 fully saturated rings. The molecule has 0 spiro atoms. The van der Waals surface area contributed by atoms with Crippen molar-refractivity contribution in [3.05, 3.63) is 74.4 Å². The van der Waals surface area contributed by atoms with E-state index in [1.807, 2.05) is 39.0 Å². The minimum absolute atomic E-state index is 0.0104. The molecule has 0 radical (unpaired) electrons. The Morgan fingerprint density at radius 3 is 2.30 bits per heavy atom. The first kappa shape index (κ1) is 21.6. The van der Waals surface area contributed by atoms with Crippen LogP contribution in [0.2, 0.25) is 0 Å². The van der Waals surface area contributed by atoms with Crippen molar-refractivity contribution in [2.45, 2.75) is 59.5 Å². The number of carbonyl (C=O) groups excluding carboxylic acids is 1. The molecule has 1 amide bonds. The van der Waals surface area contributed by atoms with Crippen LogP contribution in [0.1, 0.15) is 51.2 Å². The molecule has 0 unspecified atom stereocenters. The van der Waals surface area contributed by atoms with Crippen molar-refractivity contribution in [2.75, 3.05) is 0 Å². The fraction of sp³-hybridized carbons (Fsp3) is 0.375. The number of benzene rings is 2. The molecule has 6 heteroatoms. The van der Waals surface area contributed by atoms with E-state index in [0.717, 1.165) is 22.1 Å². The molecule has 2 aromatic carbocycles. The van der Waals surface area contributed by atoms with Gasteiger partial charge in [-0.05, 0) is 56.0 Å². The number of carbonyl (C=O) groups is 1. The van der Waals surface area contributed by atoms with E-state index in [2.05, 4.69) is 19.2 Å². The zero-order valence-electron chi connectivity index (χ0n) is 18.2. The van der Waals surface area contributed by atoms with Crippen molar-refractivity contribution in [1.82, 2.24) is 14.5 Å². The first-order chi connectivity index (χ1) is 14.2. The second-order valence-electron chi connectivity index (χ2n) is 8.15. The Morgan fingerprint density at radius 2 is 1.70 bits per heavy atom. The van der Waals surface area contributed by atoms with Crippen LogP contribution in [0.15, 0.2) is 52.1 Å². The Morgan fingerprint density at radius 1 is 1.03 bits per heavy atom. The molecule has 1 atom stereocenters. The molecule has 0 aliphatic carbocycles. The first-order valence-electron chi connectivity index (χ1n) is 10.4. The van der Waals surface area contributed by atoms with Gasteiger partial charge in [-0.3, -0.25) is 14.2 Å². The number of aryl methyl sites for hydroxylation is 1. The van der Waals surface area contributed by atoms with Crippen molar-refractivity contribution in [3.8, 4) is 5.69 Å². The van der Waals surface area contributed by atoms with Crippen LogP contribution in [0, 0.1) is 6.92 Å². The van der Waals surface area contributed by atoms with E-state index in [9.17, 15) is 14.4 Å². The number of rotatable bonds is 6. The number of hydrogen-bond acceptors (Lipinski definition) is 3. The number of nitrogens with zero attached hydrogens (tertiary/aromatic N) is 2. The molecule has 1 heterocycles. The van der Waals surface area contributed by atoms with E-state index < -0.39 is 5.69 Å². The van der Waals surface area contributed by atoms with Gasteiger partial charge in [0.15, 0.2) is 0 Å². The van der Waals surface area contributed by atoms with Crippen molar-refractivity contribution < 1.29 is 4.79 Å². The average molecular weight is 408 g/mol. The van der Waals surface area contributed by atoms with Crippen molar-refractivity contribution in [2.24, 2.45) is 0 Å². The highest BCUT2D eigenvalue weighted by atomic mass is 16.2. The van der Waals surface area contributed by atoms with Crippen LogP contribution in [0.25, 0.3) is 16.6 Å². The van der Waals surface area contributed by atoms with Crippen LogP contribution in [-0.2, 0) is 11.3 Å². The molecule has 1 N–H and O–H groups in total. The minimum atomic E-state index is -0.520. The third-order valence-electron chi connectivity index (χ3n) is 5.44. The van der Waals surface area contributed by atoms with Crippen LogP contribution >= 0.6 is 0 Å². The van der Waals surface area contributed by atoms with Gasteiger partial charge in [-0.25, -0.2) is 9.36 Å². The molecular formula is C24H29N3O3. The first-order valence-corrected chi connectivity index (χ1v) is 10.4. The number of fused-ring (bicyclic) bond motifs is 1. The molecule has 30 heavy (non-hydrogen) atoms. The monoisotopic (exact) mass is 407 g/mol. The Kier molecular flexibility index (Phi) is 6.25. The number of aromatic nitrogens is 2. The molecule has 0 saturated heterocycles. The van der Waals surface area contributed by atoms with Crippen molar-refractivity contribution in [3.63, 3.8) is 0 Å². The van der Waals surface area contributed by atoms with Gasteiger partial charge < -0.3 is 5.32 Å². The lowest BCUT2D eigenvalue weighted by Gasteiger charge is -2.16. The maximum Gasteiger partial charge on any atom is 0.336 e. The summed E-state index contributed by atoms with van der Waals surface area (Å²) in [5, 5.41) is 3.30. The van der Waals surface area contributed by atoms with Crippen LogP contribution in [0.4, 0.5) is 0 Å². The Labute approximate surface area is 176 Å². The smallest absolute Gasteiger partial charge is 0.336 e. The quantitative estimate of drug-likeness (QED) is 0.680. The molecule has 3 rings (SSSR count). The maximum atomic E-state index is 13.3. The van der Waals surface area contributed by atoms with Crippen molar-refractivity contribution >= 4 is 16.8 Å². The number of hydrogen-bond donors (Lipinski definition) is 1. The summed E-state index contributed by atoms with van der Waals surface area (Å²) in [6.07, 6.45) is 0.794. The lowest BCUT2D eigenvalue weighted by Crippen LogP contribution is -2.43. The van der Waals surface area contributed by atoms with E-state index >= 15 is 0 Å². The summed E-state index contributed by atoms with van der Waals surface area (Å²) in [5.74, 6) is 0.0876. The summed E-state index contributed by atoms with van der Waals surface area (Å²) >= 11 is 0. The topological polar surface area (TPSA) is 73.1 Å². The van der Waals surface area contributed by atoms with E-state index in [4.69, 9.17) is 0 Å². The van der Waals surface area contributed by atoms with E-state index in [0.29, 0.717) is 22.5 Å². The second kappa shape index (κ2) is 8.69. The van der Waals surface area contributed by atoms with Crippen LogP contribution in [0.3, 0.4) is 0 Å². The van der Waals surface area contributed by atoms with Gasteiger partial charge in [-0.2, -0.15) is 0 Å². The Hall–Kier alpha value is -3.15. The summed E-state index contributed by atoms with van der Waals surface area (Å²) < 4.78 is 2.53. The third-order valence-corrected chi connectivity index (χ3v) is 5.44. The van der Waals surface area contributed by atoms with Crippen LogP contribution in [0.5, 0.6) is 0 Å². The molecule has 6 nitrogen and oxygen atoms in total. The lowest BCUT2D eigenvalue weighted by molar-refractivity contribution is -0.122. The minimum Gasteiger partial charge on any atom is -0.352 e. The largest absolute Gasteiger partial charge is 0.352 e.